The second kappa shape index (κ2) is 8.55. The van der Waals surface area contributed by atoms with Gasteiger partial charge in [-0.25, -0.2) is 9.67 Å². The van der Waals surface area contributed by atoms with Crippen LogP contribution in [0.5, 0.6) is 0 Å². The van der Waals surface area contributed by atoms with Crippen molar-refractivity contribution in [1.29, 1.82) is 0 Å². The lowest BCUT2D eigenvalue weighted by atomic mass is 9.76. The molecule has 2 heterocycles. The molecular weight excluding hydrogens is 336 g/mol. The van der Waals surface area contributed by atoms with Crippen LogP contribution in [0.15, 0.2) is 35.3 Å². The highest BCUT2D eigenvalue weighted by molar-refractivity contribution is 5.80. The molecule has 1 unspecified atom stereocenters. The van der Waals surface area contributed by atoms with E-state index in [1.54, 1.807) is 0 Å². The van der Waals surface area contributed by atoms with Crippen LogP contribution in [0, 0.1) is 6.92 Å². The molecule has 0 fully saturated rings. The Bertz CT molecular complexity index is 760. The summed E-state index contributed by atoms with van der Waals surface area (Å²) in [7, 11) is 1.84. The van der Waals surface area contributed by atoms with Crippen molar-refractivity contribution in [3.05, 3.63) is 47.5 Å². The van der Waals surface area contributed by atoms with E-state index in [1.807, 2.05) is 18.7 Å². The Morgan fingerprint density at radius 1 is 1.26 bits per heavy atom. The molecule has 0 radical (unpaired) electrons. The summed E-state index contributed by atoms with van der Waals surface area (Å²) in [6, 6.07) is 11.1. The van der Waals surface area contributed by atoms with E-state index in [0.29, 0.717) is 6.04 Å². The van der Waals surface area contributed by atoms with Gasteiger partial charge < -0.3 is 10.6 Å². The predicted molar refractivity (Wildman–Crippen MR) is 110 cm³/mol. The van der Waals surface area contributed by atoms with E-state index in [0.717, 1.165) is 56.4 Å². The minimum atomic E-state index is 0.113. The lowest BCUT2D eigenvalue weighted by Crippen LogP contribution is -2.50. The number of benzene rings is 1. The Hall–Kier alpha value is -2.37. The zero-order chi connectivity index (χ0) is 19.3. The molecule has 1 aliphatic heterocycles. The van der Waals surface area contributed by atoms with Gasteiger partial charge in [0.15, 0.2) is 5.96 Å². The number of rotatable bonds is 6. The summed E-state index contributed by atoms with van der Waals surface area (Å²) in [5.41, 5.74) is 1.50. The first kappa shape index (κ1) is 19.4. The molecular formula is C21H32N6. The van der Waals surface area contributed by atoms with Crippen LogP contribution in [0.1, 0.15) is 50.3 Å². The minimum Gasteiger partial charge on any atom is -0.356 e. The summed E-state index contributed by atoms with van der Waals surface area (Å²) >= 11 is 0. The van der Waals surface area contributed by atoms with E-state index in [9.17, 15) is 0 Å². The molecule has 1 aromatic carbocycles. The van der Waals surface area contributed by atoms with Crippen molar-refractivity contribution in [1.82, 2.24) is 25.4 Å². The fraction of sp³-hybridized carbons (Fsp3) is 0.571. The first-order valence-electron chi connectivity index (χ1n) is 10.0. The number of aromatic nitrogens is 3. The number of nitrogens with zero attached hydrogens (tertiary/aromatic N) is 4. The summed E-state index contributed by atoms with van der Waals surface area (Å²) in [6.45, 7) is 8.19. The van der Waals surface area contributed by atoms with Crippen LogP contribution in [0.4, 0.5) is 0 Å². The molecule has 0 amide bonds. The van der Waals surface area contributed by atoms with E-state index in [-0.39, 0.29) is 5.41 Å². The van der Waals surface area contributed by atoms with Crippen molar-refractivity contribution >= 4 is 5.96 Å². The Kier molecular flexibility index (Phi) is 6.14. The minimum absolute atomic E-state index is 0.113. The van der Waals surface area contributed by atoms with Gasteiger partial charge in [-0.15, -0.1) is 0 Å². The largest absolute Gasteiger partial charge is 0.356 e. The number of hydrogen-bond donors (Lipinski definition) is 2. The molecule has 0 spiro atoms. The van der Waals surface area contributed by atoms with E-state index < -0.39 is 0 Å². The van der Waals surface area contributed by atoms with Crippen molar-refractivity contribution < 1.29 is 0 Å². The second-order valence-electron chi connectivity index (χ2n) is 7.42. The Balaban J connectivity index is 1.63. The van der Waals surface area contributed by atoms with Gasteiger partial charge in [-0.3, -0.25) is 4.99 Å². The van der Waals surface area contributed by atoms with Gasteiger partial charge >= 0.3 is 0 Å². The average molecular weight is 369 g/mol. The van der Waals surface area contributed by atoms with Crippen molar-refractivity contribution in [3.8, 4) is 0 Å². The lowest BCUT2D eigenvalue weighted by molar-refractivity contribution is 0.375. The molecule has 0 bridgehead atoms. The number of aliphatic imine (C=N–C) groups is 1. The molecule has 1 atom stereocenters. The van der Waals surface area contributed by atoms with Gasteiger partial charge in [-0.1, -0.05) is 44.2 Å². The number of fused-ring (bicyclic) bond motifs is 1. The van der Waals surface area contributed by atoms with E-state index in [1.165, 1.54) is 5.56 Å². The third-order valence-electron chi connectivity index (χ3n) is 5.86. The van der Waals surface area contributed by atoms with E-state index in [4.69, 9.17) is 0 Å². The maximum atomic E-state index is 4.49. The second-order valence-corrected chi connectivity index (χ2v) is 7.42. The smallest absolute Gasteiger partial charge is 0.191 e. The van der Waals surface area contributed by atoms with Gasteiger partial charge in [0.1, 0.15) is 11.6 Å². The highest BCUT2D eigenvalue weighted by Gasteiger charge is 2.29. The summed E-state index contributed by atoms with van der Waals surface area (Å²) in [5.74, 6) is 2.81. The Morgan fingerprint density at radius 3 is 2.67 bits per heavy atom. The molecule has 146 valence electrons. The number of nitrogens with one attached hydrogen (secondary N) is 2. The molecule has 3 rings (SSSR count). The van der Waals surface area contributed by atoms with Gasteiger partial charge in [0, 0.05) is 31.5 Å². The van der Waals surface area contributed by atoms with E-state index >= 15 is 0 Å². The van der Waals surface area contributed by atoms with Crippen LogP contribution in [-0.2, 0) is 18.4 Å². The van der Waals surface area contributed by atoms with Gasteiger partial charge in [0.05, 0.1) is 6.54 Å². The van der Waals surface area contributed by atoms with Crippen molar-refractivity contribution in [3.63, 3.8) is 0 Å². The first-order valence-corrected chi connectivity index (χ1v) is 10.0. The molecule has 27 heavy (non-hydrogen) atoms. The fourth-order valence-electron chi connectivity index (χ4n) is 3.99. The summed E-state index contributed by atoms with van der Waals surface area (Å²) in [5, 5.41) is 11.7. The molecule has 1 aliphatic rings. The van der Waals surface area contributed by atoms with Crippen LogP contribution >= 0.6 is 0 Å². The average Bonchev–Trinajstić information content (AvgIpc) is 3.08. The molecule has 0 aliphatic carbocycles. The first-order chi connectivity index (χ1) is 13.1. The third-order valence-corrected chi connectivity index (χ3v) is 5.86. The van der Waals surface area contributed by atoms with Crippen molar-refractivity contribution in [2.75, 3.05) is 13.6 Å². The summed E-state index contributed by atoms with van der Waals surface area (Å²) in [4.78, 5) is 8.95. The number of hydrogen-bond acceptors (Lipinski definition) is 3. The molecule has 2 N–H and O–H groups in total. The Morgan fingerprint density at radius 2 is 2.00 bits per heavy atom. The van der Waals surface area contributed by atoms with Crippen molar-refractivity contribution in [2.45, 2.75) is 64.5 Å². The molecule has 6 heteroatoms. The number of aryl methyl sites for hydroxylation is 2. The Labute approximate surface area is 162 Å². The quantitative estimate of drug-likeness (QED) is 0.608. The highest BCUT2D eigenvalue weighted by atomic mass is 15.4. The molecule has 6 nitrogen and oxygen atoms in total. The predicted octanol–water partition coefficient (Wildman–Crippen LogP) is 2.82. The molecule has 1 aromatic heterocycles. The SMILES string of the molecule is CCC(CC)(CNC(=NC)NC1CCc2nc(C)nn2C1)c1ccccc1. The van der Waals surface area contributed by atoms with Gasteiger partial charge in [0.25, 0.3) is 0 Å². The van der Waals surface area contributed by atoms with Gasteiger partial charge in [-0.2, -0.15) is 5.10 Å². The lowest BCUT2D eigenvalue weighted by Gasteiger charge is -2.34. The maximum Gasteiger partial charge on any atom is 0.191 e. The van der Waals surface area contributed by atoms with Crippen LogP contribution < -0.4 is 10.6 Å². The third kappa shape index (κ3) is 4.31. The molecule has 0 saturated heterocycles. The topological polar surface area (TPSA) is 67.1 Å². The zero-order valence-electron chi connectivity index (χ0n) is 17.0. The highest BCUT2D eigenvalue weighted by Crippen LogP contribution is 2.30. The molecule has 0 saturated carbocycles. The standard InChI is InChI=1S/C21H32N6/c1-5-21(6-2,17-10-8-7-9-11-17)15-23-20(22-4)25-18-12-13-19-24-16(3)26-27(19)14-18/h7-11,18H,5-6,12-15H2,1-4H3,(H2,22,23,25). The fourth-order valence-corrected chi connectivity index (χ4v) is 3.99. The zero-order valence-corrected chi connectivity index (χ0v) is 17.0. The van der Waals surface area contributed by atoms with Gasteiger partial charge in [0.2, 0.25) is 0 Å². The monoisotopic (exact) mass is 368 g/mol. The van der Waals surface area contributed by atoms with Crippen LogP contribution in [0.3, 0.4) is 0 Å². The van der Waals surface area contributed by atoms with Gasteiger partial charge in [-0.05, 0) is 31.7 Å². The van der Waals surface area contributed by atoms with Crippen molar-refractivity contribution in [2.24, 2.45) is 4.99 Å². The molecule has 2 aromatic rings. The maximum absolute atomic E-state index is 4.49. The summed E-state index contributed by atoms with van der Waals surface area (Å²) in [6.07, 6.45) is 4.17. The van der Waals surface area contributed by atoms with Crippen LogP contribution in [0.25, 0.3) is 0 Å². The van der Waals surface area contributed by atoms with E-state index in [2.05, 4.69) is 69.9 Å². The number of guanidine groups is 1. The normalized spacial score (nSPS) is 17.5. The van der Waals surface area contributed by atoms with Crippen LogP contribution in [-0.4, -0.2) is 40.4 Å². The van der Waals surface area contributed by atoms with Crippen LogP contribution in [0.2, 0.25) is 0 Å². The summed E-state index contributed by atoms with van der Waals surface area (Å²) < 4.78 is 2.02.